The fraction of sp³-hybridized carbons (Fsp3) is 0.200. The highest BCUT2D eigenvalue weighted by atomic mass is 19.4. The van der Waals surface area contributed by atoms with E-state index in [1.165, 1.54) is 23.1 Å². The lowest BCUT2D eigenvalue weighted by atomic mass is 10.1. The standard InChI is InChI=1S/C20H19F3N2/c1-25(14-16-13-24-19-7-3-2-6-18(16)19)12-4-5-15-8-10-17(11-9-15)20(21,22)23/h2-11,13,24H,12,14H2,1H3/b5-4+. The molecule has 1 N–H and O–H groups in total. The predicted molar refractivity (Wildman–Crippen MR) is 95.1 cm³/mol. The van der Waals surface area contributed by atoms with Crippen LogP contribution < -0.4 is 0 Å². The average molecular weight is 344 g/mol. The lowest BCUT2D eigenvalue weighted by Gasteiger charge is -2.13. The van der Waals surface area contributed by atoms with Crippen LogP contribution in [0.1, 0.15) is 16.7 Å². The van der Waals surface area contributed by atoms with Crippen LogP contribution in [-0.2, 0) is 12.7 Å². The van der Waals surface area contributed by atoms with Crippen LogP contribution in [0.3, 0.4) is 0 Å². The molecule has 0 amide bonds. The minimum Gasteiger partial charge on any atom is -0.361 e. The van der Waals surface area contributed by atoms with Gasteiger partial charge in [0.15, 0.2) is 0 Å². The molecule has 3 aromatic rings. The van der Waals surface area contributed by atoms with E-state index in [0.29, 0.717) is 6.54 Å². The summed E-state index contributed by atoms with van der Waals surface area (Å²) in [5.74, 6) is 0. The number of para-hydroxylation sites is 1. The van der Waals surface area contributed by atoms with Crippen molar-refractivity contribution in [3.05, 3.63) is 77.5 Å². The number of hydrogen-bond acceptors (Lipinski definition) is 1. The van der Waals surface area contributed by atoms with Crippen molar-refractivity contribution >= 4 is 17.0 Å². The van der Waals surface area contributed by atoms with Crippen molar-refractivity contribution in [1.29, 1.82) is 0 Å². The van der Waals surface area contributed by atoms with Crippen molar-refractivity contribution in [2.24, 2.45) is 0 Å². The van der Waals surface area contributed by atoms with Crippen LogP contribution in [0.25, 0.3) is 17.0 Å². The molecule has 130 valence electrons. The highest BCUT2D eigenvalue weighted by Gasteiger charge is 2.29. The van der Waals surface area contributed by atoms with Gasteiger partial charge in [0.25, 0.3) is 0 Å². The van der Waals surface area contributed by atoms with Crippen molar-refractivity contribution in [3.63, 3.8) is 0 Å². The number of aromatic nitrogens is 1. The van der Waals surface area contributed by atoms with Crippen LogP contribution >= 0.6 is 0 Å². The largest absolute Gasteiger partial charge is 0.416 e. The van der Waals surface area contributed by atoms with Crippen molar-refractivity contribution in [3.8, 4) is 0 Å². The molecule has 2 aromatic carbocycles. The van der Waals surface area contributed by atoms with Crippen LogP contribution in [0.5, 0.6) is 0 Å². The first-order valence-corrected chi connectivity index (χ1v) is 8.01. The molecule has 0 bridgehead atoms. The minimum atomic E-state index is -4.29. The smallest absolute Gasteiger partial charge is 0.361 e. The molecule has 0 atom stereocenters. The summed E-state index contributed by atoms with van der Waals surface area (Å²) < 4.78 is 37.6. The molecule has 25 heavy (non-hydrogen) atoms. The van der Waals surface area contributed by atoms with Crippen LogP contribution in [-0.4, -0.2) is 23.5 Å². The number of nitrogens with one attached hydrogen (secondary N) is 1. The molecule has 0 unspecified atom stereocenters. The van der Waals surface area contributed by atoms with E-state index in [2.05, 4.69) is 16.0 Å². The second-order valence-electron chi connectivity index (χ2n) is 6.08. The number of aromatic amines is 1. The monoisotopic (exact) mass is 344 g/mol. The second kappa shape index (κ2) is 7.15. The van der Waals surface area contributed by atoms with Gasteiger partial charge >= 0.3 is 6.18 Å². The number of nitrogens with zero attached hydrogens (tertiary/aromatic N) is 1. The van der Waals surface area contributed by atoms with Gasteiger partial charge in [0.2, 0.25) is 0 Å². The predicted octanol–water partition coefficient (Wildman–Crippen LogP) is 5.33. The maximum absolute atomic E-state index is 12.5. The van der Waals surface area contributed by atoms with Gasteiger partial charge in [-0.3, -0.25) is 4.90 Å². The Morgan fingerprint density at radius 2 is 1.76 bits per heavy atom. The molecule has 0 spiro atoms. The summed E-state index contributed by atoms with van der Waals surface area (Å²) in [5.41, 5.74) is 2.47. The third-order valence-corrected chi connectivity index (χ3v) is 4.08. The molecular weight excluding hydrogens is 325 g/mol. The normalized spacial score (nSPS) is 12.5. The molecule has 0 saturated carbocycles. The fourth-order valence-corrected chi connectivity index (χ4v) is 2.77. The van der Waals surface area contributed by atoms with Gasteiger partial charge in [-0.2, -0.15) is 13.2 Å². The van der Waals surface area contributed by atoms with Gasteiger partial charge in [0.05, 0.1) is 5.56 Å². The van der Waals surface area contributed by atoms with Crippen molar-refractivity contribution < 1.29 is 13.2 Å². The third-order valence-electron chi connectivity index (χ3n) is 4.08. The first-order valence-electron chi connectivity index (χ1n) is 8.01. The van der Waals surface area contributed by atoms with E-state index in [1.807, 2.05) is 43.6 Å². The lowest BCUT2D eigenvalue weighted by Crippen LogP contribution is -2.17. The summed E-state index contributed by atoms with van der Waals surface area (Å²) >= 11 is 0. The van der Waals surface area contributed by atoms with Crippen LogP contribution in [0, 0.1) is 0 Å². The number of hydrogen-bond donors (Lipinski definition) is 1. The summed E-state index contributed by atoms with van der Waals surface area (Å²) in [6.07, 6.45) is 1.52. The SMILES string of the molecule is CN(C/C=C/c1ccc(C(F)(F)F)cc1)Cc1c[nH]c2ccccc12. The van der Waals surface area contributed by atoms with Crippen LogP contribution in [0.4, 0.5) is 13.2 Å². The van der Waals surface area contributed by atoms with E-state index in [-0.39, 0.29) is 0 Å². The fourth-order valence-electron chi connectivity index (χ4n) is 2.77. The number of likely N-dealkylation sites (N-methyl/N-ethyl adjacent to an activating group) is 1. The number of fused-ring (bicyclic) bond motifs is 1. The Bertz CT molecular complexity index is 861. The molecule has 0 fully saturated rings. The maximum atomic E-state index is 12.5. The number of benzene rings is 2. The van der Waals surface area contributed by atoms with Gasteiger partial charge in [-0.1, -0.05) is 42.5 Å². The Morgan fingerprint density at radius 3 is 2.48 bits per heavy atom. The molecule has 3 rings (SSSR count). The summed E-state index contributed by atoms with van der Waals surface area (Å²) in [4.78, 5) is 5.41. The van der Waals surface area contributed by atoms with E-state index >= 15 is 0 Å². The van der Waals surface area contributed by atoms with E-state index < -0.39 is 11.7 Å². The summed E-state index contributed by atoms with van der Waals surface area (Å²) in [6.45, 7) is 1.50. The summed E-state index contributed by atoms with van der Waals surface area (Å²) in [6, 6.07) is 13.3. The highest BCUT2D eigenvalue weighted by molar-refractivity contribution is 5.82. The van der Waals surface area contributed by atoms with Crippen molar-refractivity contribution in [2.75, 3.05) is 13.6 Å². The number of halogens is 3. The molecule has 1 aromatic heterocycles. The van der Waals surface area contributed by atoms with Gasteiger partial charge in [0.1, 0.15) is 0 Å². The van der Waals surface area contributed by atoms with E-state index in [0.717, 1.165) is 29.8 Å². The highest BCUT2D eigenvalue weighted by Crippen LogP contribution is 2.29. The van der Waals surface area contributed by atoms with E-state index in [9.17, 15) is 13.2 Å². The van der Waals surface area contributed by atoms with Gasteiger partial charge in [0, 0.05) is 30.2 Å². The number of alkyl halides is 3. The average Bonchev–Trinajstić information content (AvgIpc) is 2.98. The zero-order valence-electron chi connectivity index (χ0n) is 13.8. The molecule has 5 heteroatoms. The Morgan fingerprint density at radius 1 is 1.04 bits per heavy atom. The lowest BCUT2D eigenvalue weighted by molar-refractivity contribution is -0.137. The maximum Gasteiger partial charge on any atom is 0.416 e. The molecule has 0 radical (unpaired) electrons. The first kappa shape index (κ1) is 17.3. The molecule has 2 nitrogen and oxygen atoms in total. The first-order chi connectivity index (χ1) is 11.9. The number of H-pyrrole nitrogens is 1. The Labute approximate surface area is 144 Å². The molecular formula is C20H19F3N2. The quantitative estimate of drug-likeness (QED) is 0.663. The Balaban J connectivity index is 1.58. The Hall–Kier alpha value is -2.53. The van der Waals surface area contributed by atoms with Gasteiger partial charge in [-0.15, -0.1) is 0 Å². The zero-order chi connectivity index (χ0) is 17.9. The molecule has 0 aliphatic heterocycles. The van der Waals surface area contributed by atoms with Crippen LogP contribution in [0.15, 0.2) is 60.8 Å². The number of rotatable bonds is 5. The Kier molecular flexibility index (Phi) is 4.95. The van der Waals surface area contributed by atoms with Gasteiger partial charge in [-0.05, 0) is 36.4 Å². The van der Waals surface area contributed by atoms with Gasteiger partial charge < -0.3 is 4.98 Å². The van der Waals surface area contributed by atoms with Crippen molar-refractivity contribution in [1.82, 2.24) is 9.88 Å². The third kappa shape index (κ3) is 4.31. The molecule has 1 heterocycles. The van der Waals surface area contributed by atoms with Crippen LogP contribution in [0.2, 0.25) is 0 Å². The summed E-state index contributed by atoms with van der Waals surface area (Å²) in [5, 5.41) is 1.21. The van der Waals surface area contributed by atoms with E-state index in [4.69, 9.17) is 0 Å². The zero-order valence-corrected chi connectivity index (χ0v) is 13.8. The molecule has 0 aliphatic carbocycles. The van der Waals surface area contributed by atoms with Crippen molar-refractivity contribution in [2.45, 2.75) is 12.7 Å². The minimum absolute atomic E-state index is 0.624. The topological polar surface area (TPSA) is 19.0 Å². The second-order valence-corrected chi connectivity index (χ2v) is 6.08. The summed E-state index contributed by atoms with van der Waals surface area (Å²) in [7, 11) is 2.01. The molecule has 0 aliphatic rings. The molecule has 0 saturated heterocycles. The van der Waals surface area contributed by atoms with Gasteiger partial charge in [-0.25, -0.2) is 0 Å². The van der Waals surface area contributed by atoms with E-state index in [1.54, 1.807) is 0 Å².